The first-order valence-corrected chi connectivity index (χ1v) is 7.86. The average molecular weight is 330 g/mol. The maximum atomic E-state index is 12.7. The summed E-state index contributed by atoms with van der Waals surface area (Å²) in [6.45, 7) is 0.258. The molecule has 1 aromatic heterocycles. The van der Waals surface area contributed by atoms with Gasteiger partial charge in [0.1, 0.15) is 23.3 Å². The van der Waals surface area contributed by atoms with Crippen LogP contribution in [0.3, 0.4) is 0 Å². The molecule has 0 aliphatic carbocycles. The molecular weight excluding hydrogens is 316 g/mol. The Bertz CT molecular complexity index is 943. The summed E-state index contributed by atoms with van der Waals surface area (Å²) in [4.78, 5) is 14.2. The minimum atomic E-state index is -0.660. The molecule has 122 valence electrons. The summed E-state index contributed by atoms with van der Waals surface area (Å²) in [5.74, 6) is 1.76. The van der Waals surface area contributed by atoms with E-state index in [0.717, 1.165) is 0 Å². The van der Waals surface area contributed by atoms with E-state index in [4.69, 9.17) is 9.15 Å². The van der Waals surface area contributed by atoms with Crippen molar-refractivity contribution >= 4 is 5.91 Å². The van der Waals surface area contributed by atoms with Gasteiger partial charge < -0.3 is 14.1 Å². The van der Waals surface area contributed by atoms with Crippen LogP contribution >= 0.6 is 0 Å². The third kappa shape index (κ3) is 2.74. The number of furan rings is 1. The zero-order valence-corrected chi connectivity index (χ0v) is 13.3. The van der Waals surface area contributed by atoms with Crippen molar-refractivity contribution in [2.24, 2.45) is 0 Å². The lowest BCUT2D eigenvalue weighted by Crippen LogP contribution is -2.26. The second-order valence-electron chi connectivity index (χ2n) is 5.71. The Balaban J connectivity index is 1.64. The molecule has 5 nitrogen and oxygen atoms in total. The Hall–Kier alpha value is -3.52. The van der Waals surface area contributed by atoms with Crippen molar-refractivity contribution in [3.8, 4) is 17.6 Å². The summed E-state index contributed by atoms with van der Waals surface area (Å²) in [7, 11) is 0. The molecule has 1 atom stereocenters. The predicted octanol–water partition coefficient (Wildman–Crippen LogP) is 4.29. The molecule has 25 heavy (non-hydrogen) atoms. The highest BCUT2D eigenvalue weighted by molar-refractivity contribution is 5.99. The Morgan fingerprint density at radius 3 is 2.64 bits per heavy atom. The smallest absolute Gasteiger partial charge is 0.256 e. The van der Waals surface area contributed by atoms with Gasteiger partial charge >= 0.3 is 0 Å². The van der Waals surface area contributed by atoms with Crippen LogP contribution in [0.1, 0.15) is 27.7 Å². The lowest BCUT2D eigenvalue weighted by atomic mass is 10.1. The zero-order chi connectivity index (χ0) is 17.2. The molecule has 0 saturated heterocycles. The monoisotopic (exact) mass is 330 g/mol. The minimum Gasteiger partial charge on any atom is -0.467 e. The number of carbonyl (C=O) groups excluding carboxylic acids is 1. The number of ether oxygens (including phenoxy) is 1. The van der Waals surface area contributed by atoms with E-state index in [2.05, 4.69) is 6.07 Å². The standard InChI is InChI=1S/C20H14N2O3/c21-12-19-18-11-15(25-14-5-2-1-3-6-14)8-9-17(18)20(23)22(19)13-16-7-4-10-24-16/h1-11,19H,13H2. The zero-order valence-electron chi connectivity index (χ0n) is 13.3. The van der Waals surface area contributed by atoms with Gasteiger partial charge in [0.15, 0.2) is 0 Å². The van der Waals surface area contributed by atoms with Crippen LogP contribution in [0, 0.1) is 11.3 Å². The van der Waals surface area contributed by atoms with Crippen LogP contribution in [0.25, 0.3) is 0 Å². The van der Waals surface area contributed by atoms with Crippen molar-refractivity contribution in [3.63, 3.8) is 0 Å². The molecule has 0 N–H and O–H groups in total. The topological polar surface area (TPSA) is 66.5 Å². The molecule has 0 radical (unpaired) electrons. The van der Waals surface area contributed by atoms with Crippen LogP contribution in [0.5, 0.6) is 11.5 Å². The maximum absolute atomic E-state index is 12.7. The number of amides is 1. The van der Waals surface area contributed by atoms with Gasteiger partial charge in [-0.15, -0.1) is 0 Å². The normalized spacial score (nSPS) is 15.7. The summed E-state index contributed by atoms with van der Waals surface area (Å²) in [6.07, 6.45) is 1.55. The molecule has 1 amide bonds. The van der Waals surface area contributed by atoms with Gasteiger partial charge in [-0.3, -0.25) is 4.79 Å². The molecule has 3 aromatic rings. The first kappa shape index (κ1) is 15.0. The summed E-state index contributed by atoms with van der Waals surface area (Å²) >= 11 is 0. The van der Waals surface area contributed by atoms with E-state index in [1.54, 1.807) is 36.6 Å². The van der Waals surface area contributed by atoms with Crippen molar-refractivity contribution in [3.05, 3.63) is 83.8 Å². The van der Waals surface area contributed by atoms with Gasteiger partial charge in [0.25, 0.3) is 5.91 Å². The highest BCUT2D eigenvalue weighted by Gasteiger charge is 2.37. The number of hydrogen-bond donors (Lipinski definition) is 0. The maximum Gasteiger partial charge on any atom is 0.256 e. The molecule has 0 fully saturated rings. The third-order valence-corrected chi connectivity index (χ3v) is 4.13. The van der Waals surface area contributed by atoms with Crippen LogP contribution in [-0.4, -0.2) is 10.8 Å². The highest BCUT2D eigenvalue weighted by Crippen LogP contribution is 2.37. The summed E-state index contributed by atoms with van der Waals surface area (Å²) in [5.41, 5.74) is 1.19. The number of benzene rings is 2. The fourth-order valence-electron chi connectivity index (χ4n) is 2.96. The van der Waals surface area contributed by atoms with E-state index in [9.17, 15) is 10.1 Å². The number of hydrogen-bond acceptors (Lipinski definition) is 4. The Labute approximate surface area is 144 Å². The van der Waals surface area contributed by atoms with Crippen LogP contribution in [-0.2, 0) is 6.54 Å². The van der Waals surface area contributed by atoms with Crippen molar-refractivity contribution in [2.45, 2.75) is 12.6 Å². The van der Waals surface area contributed by atoms with Gasteiger partial charge in [0.2, 0.25) is 0 Å². The van der Waals surface area contributed by atoms with E-state index in [-0.39, 0.29) is 12.5 Å². The predicted molar refractivity (Wildman–Crippen MR) is 89.9 cm³/mol. The second kappa shape index (κ2) is 6.17. The molecule has 0 saturated carbocycles. The number of nitrogens with zero attached hydrogens (tertiary/aromatic N) is 2. The first-order chi connectivity index (χ1) is 12.3. The van der Waals surface area contributed by atoms with Gasteiger partial charge in [0.05, 0.1) is 18.9 Å². The molecule has 0 spiro atoms. The quantitative estimate of drug-likeness (QED) is 0.715. The van der Waals surface area contributed by atoms with Gasteiger partial charge in [0, 0.05) is 11.1 Å². The summed E-state index contributed by atoms with van der Waals surface area (Å²) in [6, 6.07) is 19.7. The number of fused-ring (bicyclic) bond motifs is 1. The molecular formula is C20H14N2O3. The number of nitriles is 1. The van der Waals surface area contributed by atoms with Gasteiger partial charge in [-0.05, 0) is 42.5 Å². The highest BCUT2D eigenvalue weighted by atomic mass is 16.5. The fraction of sp³-hybridized carbons (Fsp3) is 0.100. The molecule has 1 aliphatic rings. The van der Waals surface area contributed by atoms with E-state index in [1.165, 1.54) is 4.90 Å². The lowest BCUT2D eigenvalue weighted by Gasteiger charge is -2.18. The lowest BCUT2D eigenvalue weighted by molar-refractivity contribution is 0.0732. The number of carbonyl (C=O) groups is 1. The number of para-hydroxylation sites is 1. The first-order valence-electron chi connectivity index (χ1n) is 7.86. The largest absolute Gasteiger partial charge is 0.467 e. The Morgan fingerprint density at radius 1 is 1.08 bits per heavy atom. The van der Waals surface area contributed by atoms with Crippen molar-refractivity contribution in [1.82, 2.24) is 4.90 Å². The molecule has 2 heterocycles. The van der Waals surface area contributed by atoms with Gasteiger partial charge in [-0.25, -0.2) is 0 Å². The van der Waals surface area contributed by atoms with E-state index in [0.29, 0.717) is 28.4 Å². The van der Waals surface area contributed by atoms with E-state index < -0.39 is 6.04 Å². The summed E-state index contributed by atoms with van der Waals surface area (Å²) in [5, 5.41) is 9.59. The van der Waals surface area contributed by atoms with Crippen molar-refractivity contribution < 1.29 is 13.9 Å². The Morgan fingerprint density at radius 2 is 1.92 bits per heavy atom. The second-order valence-corrected chi connectivity index (χ2v) is 5.71. The molecule has 5 heteroatoms. The van der Waals surface area contributed by atoms with Crippen molar-refractivity contribution in [1.29, 1.82) is 5.26 Å². The van der Waals surface area contributed by atoms with E-state index >= 15 is 0 Å². The molecule has 1 aliphatic heterocycles. The van der Waals surface area contributed by atoms with Crippen LogP contribution < -0.4 is 4.74 Å². The van der Waals surface area contributed by atoms with Crippen LogP contribution in [0.2, 0.25) is 0 Å². The van der Waals surface area contributed by atoms with Crippen molar-refractivity contribution in [2.75, 3.05) is 0 Å². The molecule has 2 aromatic carbocycles. The minimum absolute atomic E-state index is 0.177. The fourth-order valence-corrected chi connectivity index (χ4v) is 2.96. The molecule has 1 unspecified atom stereocenters. The van der Waals surface area contributed by atoms with Gasteiger partial charge in [-0.1, -0.05) is 18.2 Å². The van der Waals surface area contributed by atoms with Crippen LogP contribution in [0.4, 0.5) is 0 Å². The Kier molecular flexibility index (Phi) is 3.71. The number of rotatable bonds is 4. The average Bonchev–Trinajstić information content (AvgIpc) is 3.23. The van der Waals surface area contributed by atoms with E-state index in [1.807, 2.05) is 30.3 Å². The summed E-state index contributed by atoms with van der Waals surface area (Å²) < 4.78 is 11.1. The molecule has 0 bridgehead atoms. The third-order valence-electron chi connectivity index (χ3n) is 4.13. The SMILES string of the molecule is N#CC1c2cc(Oc3ccccc3)ccc2C(=O)N1Cc1ccco1. The van der Waals surface area contributed by atoms with Gasteiger partial charge in [-0.2, -0.15) is 5.26 Å². The molecule has 4 rings (SSSR count). The van der Waals surface area contributed by atoms with Crippen LogP contribution in [0.15, 0.2) is 71.3 Å².